The van der Waals surface area contributed by atoms with Crippen LogP contribution in [0.15, 0.2) is 24.3 Å². The van der Waals surface area contributed by atoms with Crippen LogP contribution >= 0.6 is 0 Å². The molecular weight excluding hydrogens is 264 g/mol. The van der Waals surface area contributed by atoms with Gasteiger partial charge in [-0.05, 0) is 51.4 Å². The molecule has 0 radical (unpaired) electrons. The summed E-state index contributed by atoms with van der Waals surface area (Å²) in [4.78, 5) is 14.3. The summed E-state index contributed by atoms with van der Waals surface area (Å²) >= 11 is 0. The average Bonchev–Trinajstić information content (AvgIpc) is 2.51. The number of piperidine rings is 1. The van der Waals surface area contributed by atoms with Crippen LogP contribution in [0.4, 0.5) is 5.69 Å². The first-order valence-corrected chi connectivity index (χ1v) is 7.90. The Labute approximate surface area is 127 Å². The van der Waals surface area contributed by atoms with Gasteiger partial charge in [-0.3, -0.25) is 4.79 Å². The van der Waals surface area contributed by atoms with E-state index >= 15 is 0 Å². The van der Waals surface area contributed by atoms with E-state index < -0.39 is 0 Å². The quantitative estimate of drug-likeness (QED) is 0.875. The van der Waals surface area contributed by atoms with Crippen molar-refractivity contribution in [2.24, 2.45) is 0 Å². The van der Waals surface area contributed by atoms with Crippen LogP contribution in [0.5, 0.6) is 0 Å². The zero-order valence-electron chi connectivity index (χ0n) is 13.1. The minimum Gasteiger partial charge on any atom is -0.378 e. The van der Waals surface area contributed by atoms with Gasteiger partial charge in [0, 0.05) is 12.2 Å². The molecule has 2 rings (SSSR count). The van der Waals surface area contributed by atoms with Crippen molar-refractivity contribution in [1.29, 1.82) is 0 Å². The van der Waals surface area contributed by atoms with Gasteiger partial charge in [0.2, 0.25) is 5.91 Å². The van der Waals surface area contributed by atoms with E-state index in [-0.39, 0.29) is 5.91 Å². The van der Waals surface area contributed by atoms with Gasteiger partial charge in [-0.25, -0.2) is 0 Å². The lowest BCUT2D eigenvalue weighted by Gasteiger charge is -2.25. The number of benzene rings is 1. The molecule has 0 bridgehead atoms. The molecule has 4 heteroatoms. The lowest BCUT2D eigenvalue weighted by molar-refractivity contribution is -0.120. The number of hydrogen-bond acceptors (Lipinski definition) is 3. The van der Waals surface area contributed by atoms with Crippen molar-refractivity contribution in [3.8, 4) is 0 Å². The minimum atomic E-state index is 0.140. The number of aryl methyl sites for hydroxylation is 1. The number of nitrogens with one attached hydrogen (secondary N) is 1. The van der Waals surface area contributed by atoms with Crippen LogP contribution in [-0.2, 0) is 9.53 Å². The van der Waals surface area contributed by atoms with E-state index in [1.807, 2.05) is 43.0 Å². The lowest BCUT2D eigenvalue weighted by atomic mass is 10.1. The summed E-state index contributed by atoms with van der Waals surface area (Å²) < 4.78 is 5.83. The fourth-order valence-corrected chi connectivity index (χ4v) is 2.76. The van der Waals surface area contributed by atoms with E-state index in [0.29, 0.717) is 25.7 Å². The van der Waals surface area contributed by atoms with Gasteiger partial charge in [-0.1, -0.05) is 18.2 Å². The SMILES string of the molecule is CCN(C(=O)CCOC1CCNCC1)c1ccccc1C. The van der Waals surface area contributed by atoms with Crippen LogP contribution < -0.4 is 10.2 Å². The maximum Gasteiger partial charge on any atom is 0.229 e. The number of ether oxygens (including phenoxy) is 1. The lowest BCUT2D eigenvalue weighted by Crippen LogP contribution is -2.34. The van der Waals surface area contributed by atoms with E-state index in [2.05, 4.69) is 5.32 Å². The van der Waals surface area contributed by atoms with Crippen molar-refractivity contribution in [1.82, 2.24) is 5.32 Å². The number of carbonyl (C=O) groups excluding carboxylic acids is 1. The highest BCUT2D eigenvalue weighted by Crippen LogP contribution is 2.20. The van der Waals surface area contributed by atoms with E-state index in [9.17, 15) is 4.79 Å². The number of hydrogen-bond donors (Lipinski definition) is 1. The Hall–Kier alpha value is -1.39. The summed E-state index contributed by atoms with van der Waals surface area (Å²) in [5.41, 5.74) is 2.14. The second-order valence-corrected chi connectivity index (χ2v) is 5.49. The second kappa shape index (κ2) is 8.15. The molecule has 1 heterocycles. The molecule has 0 saturated carbocycles. The highest BCUT2D eigenvalue weighted by molar-refractivity contribution is 5.94. The molecule has 1 aromatic rings. The zero-order valence-corrected chi connectivity index (χ0v) is 13.1. The highest BCUT2D eigenvalue weighted by Gasteiger charge is 2.17. The summed E-state index contributed by atoms with van der Waals surface area (Å²) in [6.45, 7) is 7.30. The molecule has 1 aliphatic heterocycles. The molecule has 1 fully saturated rings. The number of para-hydroxylation sites is 1. The molecule has 0 aromatic heterocycles. The number of anilines is 1. The average molecular weight is 290 g/mol. The number of carbonyl (C=O) groups is 1. The van der Waals surface area contributed by atoms with Crippen LogP contribution in [0, 0.1) is 6.92 Å². The van der Waals surface area contributed by atoms with Gasteiger partial charge in [0.05, 0.1) is 19.1 Å². The molecule has 0 aliphatic carbocycles. The molecule has 0 unspecified atom stereocenters. The Morgan fingerprint density at radius 3 is 2.71 bits per heavy atom. The maximum absolute atomic E-state index is 12.4. The van der Waals surface area contributed by atoms with Gasteiger partial charge in [-0.2, -0.15) is 0 Å². The van der Waals surface area contributed by atoms with Gasteiger partial charge in [-0.15, -0.1) is 0 Å². The Balaban J connectivity index is 1.84. The first-order chi connectivity index (χ1) is 10.2. The maximum atomic E-state index is 12.4. The van der Waals surface area contributed by atoms with Crippen LogP contribution in [0.1, 0.15) is 31.7 Å². The molecule has 1 saturated heterocycles. The Bertz CT molecular complexity index is 456. The summed E-state index contributed by atoms with van der Waals surface area (Å²) in [5, 5.41) is 3.31. The predicted molar refractivity (Wildman–Crippen MR) is 85.7 cm³/mol. The first kappa shape index (κ1) is 16.0. The number of amides is 1. The standard InChI is InChI=1S/C17H26N2O2/c1-3-19(16-7-5-4-6-14(16)2)17(20)10-13-21-15-8-11-18-12-9-15/h4-7,15,18H,3,8-13H2,1-2H3. The third kappa shape index (κ3) is 4.55. The summed E-state index contributed by atoms with van der Waals surface area (Å²) in [7, 11) is 0. The summed E-state index contributed by atoms with van der Waals surface area (Å²) in [6.07, 6.45) is 2.85. The normalized spacial score (nSPS) is 15.9. The van der Waals surface area contributed by atoms with Crippen molar-refractivity contribution in [2.45, 2.75) is 39.2 Å². The monoisotopic (exact) mass is 290 g/mol. The van der Waals surface area contributed by atoms with E-state index in [1.165, 1.54) is 0 Å². The van der Waals surface area contributed by atoms with Crippen molar-refractivity contribution < 1.29 is 9.53 Å². The highest BCUT2D eigenvalue weighted by atomic mass is 16.5. The Morgan fingerprint density at radius 2 is 2.05 bits per heavy atom. The first-order valence-electron chi connectivity index (χ1n) is 7.90. The Kier molecular flexibility index (Phi) is 6.21. The largest absolute Gasteiger partial charge is 0.378 e. The van der Waals surface area contributed by atoms with Crippen molar-refractivity contribution in [3.05, 3.63) is 29.8 Å². The fraction of sp³-hybridized carbons (Fsp3) is 0.588. The van der Waals surface area contributed by atoms with Crippen LogP contribution in [0.3, 0.4) is 0 Å². The Morgan fingerprint density at radius 1 is 1.33 bits per heavy atom. The van der Waals surface area contributed by atoms with Gasteiger partial charge >= 0.3 is 0 Å². The van der Waals surface area contributed by atoms with Crippen LogP contribution in [0.2, 0.25) is 0 Å². The smallest absolute Gasteiger partial charge is 0.229 e. The van der Waals surface area contributed by atoms with Gasteiger partial charge < -0.3 is 15.0 Å². The molecule has 1 amide bonds. The van der Waals surface area contributed by atoms with Crippen LogP contribution in [0.25, 0.3) is 0 Å². The topological polar surface area (TPSA) is 41.6 Å². The molecule has 1 aliphatic rings. The zero-order chi connectivity index (χ0) is 15.1. The molecular formula is C17H26N2O2. The van der Waals surface area contributed by atoms with Gasteiger partial charge in [0.15, 0.2) is 0 Å². The van der Waals surface area contributed by atoms with Crippen molar-refractivity contribution >= 4 is 11.6 Å². The summed E-state index contributed by atoms with van der Waals surface area (Å²) in [6, 6.07) is 8.02. The minimum absolute atomic E-state index is 0.140. The van der Waals surface area contributed by atoms with Crippen molar-refractivity contribution in [2.75, 3.05) is 31.1 Å². The van der Waals surface area contributed by atoms with Crippen LogP contribution in [-0.4, -0.2) is 38.3 Å². The molecule has 21 heavy (non-hydrogen) atoms. The van der Waals surface area contributed by atoms with E-state index in [1.54, 1.807) is 0 Å². The van der Waals surface area contributed by atoms with Gasteiger partial charge in [0.25, 0.3) is 0 Å². The predicted octanol–water partition coefficient (Wildman–Crippen LogP) is 2.51. The third-order valence-electron chi connectivity index (χ3n) is 3.98. The van der Waals surface area contributed by atoms with Crippen molar-refractivity contribution in [3.63, 3.8) is 0 Å². The number of nitrogens with zero attached hydrogens (tertiary/aromatic N) is 1. The van der Waals surface area contributed by atoms with Gasteiger partial charge in [0.1, 0.15) is 0 Å². The summed E-state index contributed by atoms with van der Waals surface area (Å²) in [5.74, 6) is 0.140. The van der Waals surface area contributed by atoms with E-state index in [4.69, 9.17) is 4.74 Å². The fourth-order valence-electron chi connectivity index (χ4n) is 2.76. The second-order valence-electron chi connectivity index (χ2n) is 5.49. The third-order valence-corrected chi connectivity index (χ3v) is 3.98. The molecule has 0 spiro atoms. The molecule has 4 nitrogen and oxygen atoms in total. The van der Waals surface area contributed by atoms with E-state index in [0.717, 1.165) is 37.2 Å². The molecule has 1 aromatic carbocycles. The molecule has 1 N–H and O–H groups in total. The number of rotatable bonds is 6. The molecule has 0 atom stereocenters. The molecule has 116 valence electrons.